The molecule has 1 aromatic carbocycles. The molecule has 0 aliphatic carbocycles. The van der Waals surface area contributed by atoms with Gasteiger partial charge in [0.25, 0.3) is 0 Å². The standard InChI is InChI=1S/C18H16Cl2N2O3/c1-24-15-5-10-3-4-21-13(12(10)8-16(15)25-2)9-14(23)11-6-17(19)22-18(20)7-11/h5-8H,3-4,9H2,1-2H3. The van der Waals surface area contributed by atoms with Gasteiger partial charge in [-0.05, 0) is 36.2 Å². The van der Waals surface area contributed by atoms with Gasteiger partial charge in [-0.1, -0.05) is 23.2 Å². The molecule has 0 amide bonds. The van der Waals surface area contributed by atoms with Crippen LogP contribution < -0.4 is 9.47 Å². The van der Waals surface area contributed by atoms with Crippen molar-refractivity contribution in [2.24, 2.45) is 4.99 Å². The van der Waals surface area contributed by atoms with Crippen LogP contribution >= 0.6 is 23.2 Å². The van der Waals surface area contributed by atoms with Crippen molar-refractivity contribution >= 4 is 34.7 Å². The molecule has 1 aliphatic rings. The van der Waals surface area contributed by atoms with Crippen LogP contribution in [0.25, 0.3) is 0 Å². The van der Waals surface area contributed by atoms with Crippen LogP contribution in [-0.4, -0.2) is 37.2 Å². The molecule has 1 aliphatic heterocycles. The highest BCUT2D eigenvalue weighted by Gasteiger charge is 2.21. The first-order chi connectivity index (χ1) is 12.0. The first-order valence-electron chi connectivity index (χ1n) is 7.66. The number of ketones is 1. The van der Waals surface area contributed by atoms with Crippen LogP contribution in [0, 0.1) is 0 Å². The van der Waals surface area contributed by atoms with E-state index >= 15 is 0 Å². The lowest BCUT2D eigenvalue weighted by atomic mass is 9.93. The van der Waals surface area contributed by atoms with Crippen molar-refractivity contribution < 1.29 is 14.3 Å². The lowest BCUT2D eigenvalue weighted by molar-refractivity contribution is 0.100. The maximum atomic E-state index is 12.6. The second-order valence-corrected chi connectivity index (χ2v) is 6.32. The van der Waals surface area contributed by atoms with E-state index in [1.54, 1.807) is 14.2 Å². The van der Waals surface area contributed by atoms with Gasteiger partial charge in [-0.2, -0.15) is 0 Å². The molecule has 1 aromatic heterocycles. The van der Waals surface area contributed by atoms with Crippen molar-refractivity contribution in [2.75, 3.05) is 20.8 Å². The molecule has 0 fully saturated rings. The number of hydrogen-bond acceptors (Lipinski definition) is 5. The lowest BCUT2D eigenvalue weighted by Crippen LogP contribution is -2.17. The average Bonchev–Trinajstić information content (AvgIpc) is 2.59. The van der Waals surface area contributed by atoms with Gasteiger partial charge in [-0.25, -0.2) is 4.98 Å². The second kappa shape index (κ2) is 7.42. The highest BCUT2D eigenvalue weighted by Crippen LogP contribution is 2.33. The zero-order valence-electron chi connectivity index (χ0n) is 13.8. The number of nitrogens with zero attached hydrogens (tertiary/aromatic N) is 2. The van der Waals surface area contributed by atoms with Gasteiger partial charge in [0.15, 0.2) is 17.3 Å². The van der Waals surface area contributed by atoms with Gasteiger partial charge < -0.3 is 9.47 Å². The fourth-order valence-electron chi connectivity index (χ4n) is 2.82. The summed E-state index contributed by atoms with van der Waals surface area (Å²) in [6.07, 6.45) is 0.944. The molecule has 0 spiro atoms. The van der Waals surface area contributed by atoms with Gasteiger partial charge >= 0.3 is 0 Å². The zero-order chi connectivity index (χ0) is 18.0. The van der Waals surface area contributed by atoms with Crippen LogP contribution in [0.15, 0.2) is 29.3 Å². The van der Waals surface area contributed by atoms with E-state index in [0.717, 1.165) is 23.3 Å². The maximum Gasteiger partial charge on any atom is 0.169 e. The number of hydrogen-bond donors (Lipinski definition) is 0. The van der Waals surface area contributed by atoms with Gasteiger partial charge in [0.05, 0.1) is 26.4 Å². The van der Waals surface area contributed by atoms with E-state index in [1.165, 1.54) is 12.1 Å². The van der Waals surface area contributed by atoms with Crippen LogP contribution in [0.5, 0.6) is 11.5 Å². The summed E-state index contributed by atoms with van der Waals surface area (Å²) >= 11 is 11.8. The summed E-state index contributed by atoms with van der Waals surface area (Å²) < 4.78 is 10.7. The smallest absolute Gasteiger partial charge is 0.169 e. The number of aromatic nitrogens is 1. The van der Waals surface area contributed by atoms with E-state index in [1.807, 2.05) is 12.1 Å². The third-order valence-corrected chi connectivity index (χ3v) is 4.40. The Hall–Kier alpha value is -2.11. The van der Waals surface area contributed by atoms with E-state index < -0.39 is 0 Å². The monoisotopic (exact) mass is 378 g/mol. The third kappa shape index (κ3) is 3.78. The van der Waals surface area contributed by atoms with Crippen LogP contribution in [0.3, 0.4) is 0 Å². The number of ether oxygens (including phenoxy) is 2. The van der Waals surface area contributed by atoms with E-state index in [9.17, 15) is 4.79 Å². The maximum absolute atomic E-state index is 12.6. The molecule has 25 heavy (non-hydrogen) atoms. The van der Waals surface area contributed by atoms with E-state index in [2.05, 4.69) is 9.98 Å². The van der Waals surface area contributed by atoms with E-state index in [4.69, 9.17) is 32.7 Å². The molecule has 0 N–H and O–H groups in total. The summed E-state index contributed by atoms with van der Waals surface area (Å²) in [6.45, 7) is 0.628. The minimum Gasteiger partial charge on any atom is -0.493 e. The molecule has 2 heterocycles. The fraction of sp³-hybridized carbons (Fsp3) is 0.278. The Morgan fingerprint density at radius 1 is 1.08 bits per heavy atom. The Morgan fingerprint density at radius 2 is 1.72 bits per heavy atom. The molecule has 0 atom stereocenters. The summed E-state index contributed by atoms with van der Waals surface area (Å²) in [5.74, 6) is 1.16. The quantitative estimate of drug-likeness (QED) is 0.582. The Kier molecular flexibility index (Phi) is 5.25. The van der Waals surface area contributed by atoms with E-state index in [0.29, 0.717) is 23.6 Å². The number of fused-ring (bicyclic) bond motifs is 1. The number of Topliss-reactive ketones (excluding diaryl/α,β-unsaturated/α-hetero) is 1. The number of rotatable bonds is 5. The number of halogens is 2. The molecule has 0 radical (unpaired) electrons. The Bertz CT molecular complexity index is 845. The summed E-state index contributed by atoms with van der Waals surface area (Å²) in [6, 6.07) is 6.82. The number of methoxy groups -OCH3 is 2. The fourth-order valence-corrected chi connectivity index (χ4v) is 3.28. The van der Waals surface area contributed by atoms with Crippen molar-refractivity contribution in [3.8, 4) is 11.5 Å². The van der Waals surface area contributed by atoms with Crippen molar-refractivity contribution in [3.63, 3.8) is 0 Å². The minimum atomic E-state index is -0.118. The molecule has 2 aromatic rings. The lowest BCUT2D eigenvalue weighted by Gasteiger charge is -2.19. The molecule has 5 nitrogen and oxygen atoms in total. The topological polar surface area (TPSA) is 60.8 Å². The SMILES string of the molecule is COc1cc2c(cc1OC)C(CC(=O)c1cc(Cl)nc(Cl)c1)=NCC2. The number of carbonyl (C=O) groups excluding carboxylic acids is 1. The molecule has 3 rings (SSSR count). The first-order valence-corrected chi connectivity index (χ1v) is 8.42. The largest absolute Gasteiger partial charge is 0.493 e. The summed E-state index contributed by atoms with van der Waals surface area (Å²) in [7, 11) is 3.18. The normalized spacial score (nSPS) is 13.0. The molecular formula is C18H16Cl2N2O3. The van der Waals surface area contributed by atoms with Gasteiger partial charge in [-0.15, -0.1) is 0 Å². The van der Waals surface area contributed by atoms with Crippen molar-refractivity contribution in [2.45, 2.75) is 12.8 Å². The molecule has 0 bridgehead atoms. The van der Waals surface area contributed by atoms with Crippen LogP contribution in [0.4, 0.5) is 0 Å². The molecule has 130 valence electrons. The second-order valence-electron chi connectivity index (χ2n) is 5.54. The predicted octanol–water partition coefficient (Wildman–Crippen LogP) is 4.02. The molecule has 7 heteroatoms. The van der Waals surface area contributed by atoms with Gasteiger partial charge in [0.1, 0.15) is 10.3 Å². The van der Waals surface area contributed by atoms with Crippen LogP contribution in [-0.2, 0) is 6.42 Å². The van der Waals surface area contributed by atoms with Crippen molar-refractivity contribution in [3.05, 3.63) is 51.3 Å². The van der Waals surface area contributed by atoms with Crippen molar-refractivity contribution in [1.29, 1.82) is 0 Å². The zero-order valence-corrected chi connectivity index (χ0v) is 15.3. The number of aliphatic imine (C=N–C) groups is 1. The predicted molar refractivity (Wildman–Crippen MR) is 97.9 cm³/mol. The Morgan fingerprint density at radius 3 is 2.36 bits per heavy atom. The first kappa shape index (κ1) is 17.7. The molecular weight excluding hydrogens is 363 g/mol. The minimum absolute atomic E-state index is 0.118. The number of pyridine rings is 1. The Balaban J connectivity index is 1.92. The Labute approximate surface area is 155 Å². The van der Waals surface area contributed by atoms with Gasteiger partial charge in [0.2, 0.25) is 0 Å². The van der Waals surface area contributed by atoms with Gasteiger partial charge in [0, 0.05) is 17.7 Å². The third-order valence-electron chi connectivity index (χ3n) is 4.02. The summed E-state index contributed by atoms with van der Waals surface area (Å²) in [5.41, 5.74) is 3.13. The highest BCUT2D eigenvalue weighted by molar-refractivity contribution is 6.33. The summed E-state index contributed by atoms with van der Waals surface area (Å²) in [4.78, 5) is 21.0. The van der Waals surface area contributed by atoms with Crippen LogP contribution in [0.2, 0.25) is 10.3 Å². The molecule has 0 unspecified atom stereocenters. The van der Waals surface area contributed by atoms with Gasteiger partial charge in [-0.3, -0.25) is 9.79 Å². The summed E-state index contributed by atoms with van der Waals surface area (Å²) in [5, 5.41) is 0.376. The van der Waals surface area contributed by atoms with Crippen molar-refractivity contribution in [1.82, 2.24) is 4.98 Å². The van der Waals surface area contributed by atoms with Crippen LogP contribution in [0.1, 0.15) is 27.9 Å². The average molecular weight is 379 g/mol. The van der Waals surface area contributed by atoms with E-state index in [-0.39, 0.29) is 22.5 Å². The number of benzene rings is 1. The molecule has 0 saturated heterocycles. The number of carbonyl (C=O) groups is 1. The molecule has 0 saturated carbocycles. The highest BCUT2D eigenvalue weighted by atomic mass is 35.5.